The molecule has 1 N–H and O–H groups in total. The number of rotatable bonds is 8. The van der Waals surface area contributed by atoms with Crippen molar-refractivity contribution in [1.29, 1.82) is 0 Å². The highest BCUT2D eigenvalue weighted by Gasteiger charge is 2.62. The van der Waals surface area contributed by atoms with Crippen LogP contribution in [0.25, 0.3) is 10.9 Å². The summed E-state index contributed by atoms with van der Waals surface area (Å²) in [6.45, 7) is 7.76. The Hall–Kier alpha value is -3.74. The summed E-state index contributed by atoms with van der Waals surface area (Å²) in [6, 6.07) is 6.73. The minimum absolute atomic E-state index is 0.101. The van der Waals surface area contributed by atoms with Crippen molar-refractivity contribution in [2.45, 2.75) is 135 Å². The maximum absolute atomic E-state index is 14.7. The van der Waals surface area contributed by atoms with Crippen molar-refractivity contribution >= 4 is 44.5 Å². The second-order valence-corrected chi connectivity index (χ2v) is 19.5. The Bertz CT molecular complexity index is 1920. The molecule has 7 atom stereocenters. The summed E-state index contributed by atoms with van der Waals surface area (Å²) in [4.78, 5) is 62.8. The number of aromatic nitrogens is 1. The van der Waals surface area contributed by atoms with Crippen molar-refractivity contribution in [3.63, 3.8) is 0 Å². The van der Waals surface area contributed by atoms with Crippen LogP contribution in [-0.2, 0) is 40.4 Å². The predicted molar refractivity (Wildman–Crippen MR) is 201 cm³/mol. The standard InChI is InChI=1S/C41H55N3O9S/c1-6-26-21-41(26,39(48)43-54(49,50)29-13-14-29)22-34(45)33-19-28-23-44(33)38(47)30(40(2,3)4)20-37(46)53-35-17-24(35)10-8-7-9-11-32-36(52-28)18-25-16-27(51-5)12-15-31(25)42-32/h12,15-16,18,24,26,28-30,33,35H,6-11,13-14,17,19-23H2,1-5H3,(H,43,48)/t24-,26+,28+,30+,33-,35-,41+/m0/s1. The number of carbonyl (C=O) groups excluding carboxylic acids is 4. The summed E-state index contributed by atoms with van der Waals surface area (Å²) < 4.78 is 46.0. The number of carbonyl (C=O) groups is 4. The van der Waals surface area contributed by atoms with Crippen LogP contribution in [0.2, 0.25) is 0 Å². The highest BCUT2D eigenvalue weighted by molar-refractivity contribution is 7.90. The van der Waals surface area contributed by atoms with Crippen LogP contribution in [0.15, 0.2) is 24.3 Å². The Labute approximate surface area is 318 Å². The van der Waals surface area contributed by atoms with Gasteiger partial charge in [-0.25, -0.2) is 13.4 Å². The van der Waals surface area contributed by atoms with Crippen molar-refractivity contribution < 1.29 is 41.8 Å². The van der Waals surface area contributed by atoms with Gasteiger partial charge in [0, 0.05) is 18.2 Å². The van der Waals surface area contributed by atoms with E-state index in [1.807, 2.05) is 52.0 Å². The smallest absolute Gasteiger partial charge is 0.306 e. The van der Waals surface area contributed by atoms with Gasteiger partial charge in [-0.2, -0.15) is 0 Å². The molecular weight excluding hydrogens is 711 g/mol. The first kappa shape index (κ1) is 38.5. The molecule has 0 unspecified atom stereocenters. The van der Waals surface area contributed by atoms with Crippen molar-refractivity contribution in [2.75, 3.05) is 13.7 Å². The highest BCUT2D eigenvalue weighted by atomic mass is 32.2. The Balaban J connectivity index is 1.21. The van der Waals surface area contributed by atoms with E-state index in [0.29, 0.717) is 49.5 Å². The molecule has 2 aromatic rings. The van der Waals surface area contributed by atoms with Crippen molar-refractivity contribution in [2.24, 2.45) is 28.6 Å². The number of pyridine rings is 1. The number of nitrogens with one attached hydrogen (secondary N) is 1. The van der Waals surface area contributed by atoms with Crippen LogP contribution in [-0.4, -0.2) is 79.0 Å². The van der Waals surface area contributed by atoms with Crippen LogP contribution in [0.5, 0.6) is 11.5 Å². The number of Topliss-reactive ketones (excluding diaryl/α,β-unsaturated/α-hetero) is 1. The minimum Gasteiger partial charge on any atom is -0.497 e. The minimum atomic E-state index is -3.81. The van der Waals surface area contributed by atoms with Gasteiger partial charge in [-0.05, 0) is 86.5 Å². The number of amides is 2. The second kappa shape index (κ2) is 14.7. The first-order valence-corrected chi connectivity index (χ1v) is 21.4. The highest BCUT2D eigenvalue weighted by Crippen LogP contribution is 2.58. The average molecular weight is 766 g/mol. The number of ether oxygens (including phenoxy) is 3. The summed E-state index contributed by atoms with van der Waals surface area (Å²) in [5.41, 5.74) is -0.169. The molecule has 54 heavy (non-hydrogen) atoms. The molecule has 1 saturated heterocycles. The molecule has 294 valence electrons. The number of sulfonamides is 1. The van der Waals surface area contributed by atoms with E-state index in [0.717, 1.165) is 48.7 Å². The molecule has 13 heteroatoms. The van der Waals surface area contributed by atoms with Gasteiger partial charge in [-0.3, -0.25) is 23.9 Å². The van der Waals surface area contributed by atoms with E-state index in [-0.39, 0.29) is 49.5 Å². The summed E-state index contributed by atoms with van der Waals surface area (Å²) in [7, 11) is -2.20. The zero-order valence-electron chi connectivity index (χ0n) is 32.2. The Morgan fingerprint density at radius 3 is 2.52 bits per heavy atom. The molecule has 12 nitrogen and oxygen atoms in total. The van der Waals surface area contributed by atoms with Gasteiger partial charge >= 0.3 is 5.97 Å². The fourth-order valence-electron chi connectivity index (χ4n) is 8.70. The third kappa shape index (κ3) is 8.11. The topological polar surface area (TPSA) is 158 Å². The molecule has 0 spiro atoms. The van der Waals surface area contributed by atoms with E-state index >= 15 is 0 Å². The molecule has 3 aliphatic carbocycles. The van der Waals surface area contributed by atoms with E-state index in [4.69, 9.17) is 19.2 Å². The summed E-state index contributed by atoms with van der Waals surface area (Å²) in [5, 5.41) is 0.267. The number of ketones is 1. The number of hydrogen-bond donors (Lipinski definition) is 1. The molecule has 2 aliphatic heterocycles. The maximum Gasteiger partial charge on any atom is 0.306 e. The van der Waals surface area contributed by atoms with Crippen LogP contribution in [0.1, 0.15) is 110 Å². The Morgan fingerprint density at radius 2 is 1.83 bits per heavy atom. The van der Waals surface area contributed by atoms with Crippen LogP contribution < -0.4 is 14.2 Å². The van der Waals surface area contributed by atoms with E-state index in [9.17, 15) is 27.6 Å². The molecule has 1 aromatic carbocycles. The molecule has 3 heterocycles. The van der Waals surface area contributed by atoms with Gasteiger partial charge in [0.25, 0.3) is 0 Å². The fraction of sp³-hybridized carbons (Fsp3) is 0.683. The van der Waals surface area contributed by atoms with Gasteiger partial charge in [0.05, 0.1) is 53.9 Å². The summed E-state index contributed by atoms with van der Waals surface area (Å²) in [6.07, 6.45) is 6.58. The zero-order valence-corrected chi connectivity index (χ0v) is 33.0. The van der Waals surface area contributed by atoms with Gasteiger partial charge in [-0.1, -0.05) is 47.0 Å². The number of hydrogen-bond acceptors (Lipinski definition) is 10. The van der Waals surface area contributed by atoms with Gasteiger partial charge in [-0.15, -0.1) is 0 Å². The van der Waals surface area contributed by atoms with E-state index in [1.165, 1.54) is 0 Å². The number of fused-ring (bicyclic) bond motifs is 5. The quantitative estimate of drug-likeness (QED) is 0.332. The van der Waals surface area contributed by atoms with Gasteiger partial charge < -0.3 is 19.1 Å². The predicted octanol–water partition coefficient (Wildman–Crippen LogP) is 5.68. The van der Waals surface area contributed by atoms with E-state index < -0.39 is 56.0 Å². The normalized spacial score (nSPS) is 30.6. The summed E-state index contributed by atoms with van der Waals surface area (Å²) >= 11 is 0. The molecule has 2 bridgehead atoms. The van der Waals surface area contributed by atoms with Crippen LogP contribution >= 0.6 is 0 Å². The number of aryl methyl sites for hydroxylation is 1. The largest absolute Gasteiger partial charge is 0.497 e. The zero-order chi connectivity index (χ0) is 38.6. The monoisotopic (exact) mass is 765 g/mol. The molecule has 2 amide bonds. The third-order valence-electron chi connectivity index (χ3n) is 12.5. The van der Waals surface area contributed by atoms with Crippen LogP contribution in [0.3, 0.4) is 0 Å². The summed E-state index contributed by atoms with van der Waals surface area (Å²) in [5.74, 6) is -1.01. The Kier molecular flexibility index (Phi) is 10.5. The SMILES string of the molecule is CC[C@@H]1C[C@]1(CC(=O)[C@@H]1C[C@@H]2CN1C(=O)[C@H](C(C)(C)C)CC(=O)O[C@H]1C[C@@H]1CCCCCc1nc3ccc(OC)cc3cc1O2)C(=O)NS(=O)(=O)C1CC1. The maximum atomic E-state index is 14.7. The number of nitrogens with zero attached hydrogens (tertiary/aromatic N) is 2. The second-order valence-electron chi connectivity index (χ2n) is 17.5. The molecular formula is C41H55N3O9S. The molecule has 5 aliphatic rings. The van der Waals surface area contributed by atoms with Crippen LogP contribution in [0.4, 0.5) is 0 Å². The van der Waals surface area contributed by atoms with Crippen molar-refractivity contribution in [1.82, 2.24) is 14.6 Å². The molecule has 3 saturated carbocycles. The van der Waals surface area contributed by atoms with Gasteiger partial charge in [0.15, 0.2) is 5.78 Å². The molecule has 7 rings (SSSR count). The number of methoxy groups -OCH3 is 1. The molecule has 1 aromatic heterocycles. The molecule has 4 fully saturated rings. The van der Waals surface area contributed by atoms with E-state index in [1.54, 1.807) is 12.0 Å². The lowest BCUT2D eigenvalue weighted by Crippen LogP contribution is -2.48. The lowest BCUT2D eigenvalue weighted by molar-refractivity contribution is -0.154. The average Bonchev–Trinajstić information content (AvgIpc) is 4.04. The van der Waals surface area contributed by atoms with Gasteiger partial charge in [0.1, 0.15) is 23.7 Å². The van der Waals surface area contributed by atoms with Gasteiger partial charge in [0.2, 0.25) is 21.8 Å². The number of benzene rings is 1. The first-order chi connectivity index (χ1) is 25.6. The molecule has 0 radical (unpaired) electrons. The van der Waals surface area contributed by atoms with Crippen LogP contribution in [0, 0.1) is 28.6 Å². The third-order valence-corrected chi connectivity index (χ3v) is 14.3. The lowest BCUT2D eigenvalue weighted by Gasteiger charge is -2.34. The van der Waals surface area contributed by atoms with E-state index in [2.05, 4.69) is 4.72 Å². The lowest BCUT2D eigenvalue weighted by atomic mass is 9.77. The van der Waals surface area contributed by atoms with Crippen molar-refractivity contribution in [3.8, 4) is 11.5 Å². The number of esters is 1. The fourth-order valence-corrected chi connectivity index (χ4v) is 10.1. The Morgan fingerprint density at radius 1 is 1.06 bits per heavy atom. The van der Waals surface area contributed by atoms with Crippen molar-refractivity contribution in [3.05, 3.63) is 30.0 Å². The first-order valence-electron chi connectivity index (χ1n) is 19.8.